The fourth-order valence-corrected chi connectivity index (χ4v) is 3.31. The third kappa shape index (κ3) is 3.78. The van der Waals surface area contributed by atoms with Gasteiger partial charge in [0.2, 0.25) is 0 Å². The van der Waals surface area contributed by atoms with E-state index in [4.69, 9.17) is 4.74 Å². The molecule has 0 amide bonds. The minimum Gasteiger partial charge on any atom is -0.394 e. The molecule has 2 heterocycles. The van der Waals surface area contributed by atoms with Crippen molar-refractivity contribution >= 4 is 11.3 Å². The molecule has 1 saturated heterocycles. The molecule has 0 aliphatic carbocycles. The third-order valence-electron chi connectivity index (χ3n) is 3.79. The van der Waals surface area contributed by atoms with E-state index in [1.165, 1.54) is 9.75 Å². The number of ether oxygens (including phenoxy) is 1. The lowest BCUT2D eigenvalue weighted by Gasteiger charge is -2.36. The Kier molecular flexibility index (Phi) is 4.66. The first-order chi connectivity index (χ1) is 8.95. The number of hydrogen-bond acceptors (Lipinski definition) is 4. The average Bonchev–Trinajstić information content (AvgIpc) is 2.86. The summed E-state index contributed by atoms with van der Waals surface area (Å²) in [6.45, 7) is 9.23. The van der Waals surface area contributed by atoms with Gasteiger partial charge in [-0.25, -0.2) is 0 Å². The second-order valence-corrected chi connectivity index (χ2v) is 7.59. The molecule has 1 fully saturated rings. The van der Waals surface area contributed by atoms with Crippen molar-refractivity contribution < 1.29 is 9.84 Å². The molecule has 108 valence electrons. The molecular formula is C15H25NO2S. The first kappa shape index (κ1) is 15.0. The van der Waals surface area contributed by atoms with E-state index in [1.54, 1.807) is 0 Å². The van der Waals surface area contributed by atoms with Crippen LogP contribution in [0.5, 0.6) is 0 Å². The molecule has 19 heavy (non-hydrogen) atoms. The highest BCUT2D eigenvalue weighted by molar-refractivity contribution is 7.12. The Morgan fingerprint density at radius 2 is 2.00 bits per heavy atom. The summed E-state index contributed by atoms with van der Waals surface area (Å²) in [5.41, 5.74) is 0.0698. The van der Waals surface area contributed by atoms with Crippen molar-refractivity contribution in [1.29, 1.82) is 0 Å². The van der Waals surface area contributed by atoms with Gasteiger partial charge in [0.05, 0.1) is 6.61 Å². The predicted octanol–water partition coefficient (Wildman–Crippen LogP) is 2.68. The van der Waals surface area contributed by atoms with Crippen molar-refractivity contribution in [3.05, 3.63) is 21.9 Å². The lowest BCUT2D eigenvalue weighted by Crippen LogP contribution is -2.51. The number of thiophene rings is 1. The molecule has 4 heteroatoms. The van der Waals surface area contributed by atoms with E-state index in [9.17, 15) is 5.11 Å². The van der Waals surface area contributed by atoms with Crippen molar-refractivity contribution in [1.82, 2.24) is 5.32 Å². The van der Waals surface area contributed by atoms with Crippen LogP contribution in [0, 0.1) is 0 Å². The van der Waals surface area contributed by atoms with Crippen molar-refractivity contribution in [2.24, 2.45) is 0 Å². The fourth-order valence-electron chi connectivity index (χ4n) is 2.30. The molecule has 1 aromatic heterocycles. The first-order valence-electron chi connectivity index (χ1n) is 6.98. The van der Waals surface area contributed by atoms with Gasteiger partial charge in [-0.05, 0) is 30.4 Å². The van der Waals surface area contributed by atoms with E-state index in [0.717, 1.165) is 32.6 Å². The van der Waals surface area contributed by atoms with Gasteiger partial charge in [-0.1, -0.05) is 20.8 Å². The highest BCUT2D eigenvalue weighted by atomic mass is 32.1. The largest absolute Gasteiger partial charge is 0.394 e. The van der Waals surface area contributed by atoms with Crippen LogP contribution in [0.25, 0.3) is 0 Å². The van der Waals surface area contributed by atoms with Crippen LogP contribution < -0.4 is 5.32 Å². The van der Waals surface area contributed by atoms with E-state index in [2.05, 4.69) is 38.2 Å². The maximum absolute atomic E-state index is 9.64. The Balaban J connectivity index is 1.96. The van der Waals surface area contributed by atoms with Gasteiger partial charge in [0.25, 0.3) is 0 Å². The number of nitrogens with one attached hydrogen (secondary N) is 1. The van der Waals surface area contributed by atoms with Crippen LogP contribution in [0.3, 0.4) is 0 Å². The highest BCUT2D eigenvalue weighted by Crippen LogP contribution is 2.30. The van der Waals surface area contributed by atoms with Gasteiger partial charge >= 0.3 is 0 Å². The molecule has 1 aliphatic heterocycles. The molecular weight excluding hydrogens is 258 g/mol. The molecule has 1 aromatic rings. The molecule has 0 bridgehead atoms. The zero-order chi connectivity index (χ0) is 13.9. The van der Waals surface area contributed by atoms with Gasteiger partial charge in [0.15, 0.2) is 0 Å². The summed E-state index contributed by atoms with van der Waals surface area (Å²) in [6.07, 6.45) is 1.78. The van der Waals surface area contributed by atoms with Crippen molar-refractivity contribution in [3.63, 3.8) is 0 Å². The molecule has 3 nitrogen and oxygen atoms in total. The number of hydrogen-bond donors (Lipinski definition) is 2. The average molecular weight is 283 g/mol. The van der Waals surface area contributed by atoms with E-state index in [-0.39, 0.29) is 17.6 Å². The van der Waals surface area contributed by atoms with Gasteiger partial charge in [0.1, 0.15) is 0 Å². The Hall–Kier alpha value is -0.420. The molecule has 0 atom stereocenters. The quantitative estimate of drug-likeness (QED) is 0.892. The maximum Gasteiger partial charge on any atom is 0.0615 e. The fraction of sp³-hybridized carbons (Fsp3) is 0.733. The normalized spacial score (nSPS) is 19.6. The van der Waals surface area contributed by atoms with Crippen molar-refractivity contribution in [2.75, 3.05) is 19.8 Å². The molecule has 0 unspecified atom stereocenters. The topological polar surface area (TPSA) is 41.5 Å². The summed E-state index contributed by atoms with van der Waals surface area (Å²) >= 11 is 1.86. The van der Waals surface area contributed by atoms with Crippen molar-refractivity contribution in [2.45, 2.75) is 51.1 Å². The van der Waals surface area contributed by atoms with E-state index >= 15 is 0 Å². The van der Waals surface area contributed by atoms with E-state index in [0.29, 0.717) is 0 Å². The molecule has 0 spiro atoms. The van der Waals surface area contributed by atoms with E-state index < -0.39 is 0 Å². The third-order valence-corrected chi connectivity index (χ3v) is 5.30. The SMILES string of the molecule is CC(C)(C)c1ccc(CNC2(CO)CCOCC2)s1. The summed E-state index contributed by atoms with van der Waals surface area (Å²) in [6, 6.07) is 4.42. The molecule has 2 rings (SSSR count). The van der Waals surface area contributed by atoms with Crippen LogP contribution in [0.1, 0.15) is 43.4 Å². The number of aliphatic hydroxyl groups is 1. The molecule has 0 saturated carbocycles. The zero-order valence-electron chi connectivity index (χ0n) is 12.2. The summed E-state index contributed by atoms with van der Waals surface area (Å²) in [5, 5.41) is 13.2. The molecule has 0 aromatic carbocycles. The first-order valence-corrected chi connectivity index (χ1v) is 7.80. The Morgan fingerprint density at radius 3 is 2.53 bits per heavy atom. The van der Waals surface area contributed by atoms with Crippen molar-refractivity contribution in [3.8, 4) is 0 Å². The van der Waals surface area contributed by atoms with Crippen LogP contribution in [0.2, 0.25) is 0 Å². The summed E-state index contributed by atoms with van der Waals surface area (Å²) in [5.74, 6) is 0. The van der Waals surface area contributed by atoms with Crippen LogP contribution >= 0.6 is 11.3 Å². The maximum atomic E-state index is 9.64. The lowest BCUT2D eigenvalue weighted by atomic mass is 9.91. The second-order valence-electron chi connectivity index (χ2n) is 6.42. The van der Waals surface area contributed by atoms with Crippen LogP contribution in [0.4, 0.5) is 0 Å². The molecule has 1 aliphatic rings. The highest BCUT2D eigenvalue weighted by Gasteiger charge is 2.31. The van der Waals surface area contributed by atoms with Gasteiger partial charge in [-0.2, -0.15) is 0 Å². The summed E-state index contributed by atoms with van der Waals surface area (Å²) < 4.78 is 5.38. The minimum atomic E-state index is -0.149. The van der Waals surface area contributed by atoms with Gasteiger partial charge < -0.3 is 15.2 Å². The molecule has 2 N–H and O–H groups in total. The Labute approximate surface area is 120 Å². The monoisotopic (exact) mass is 283 g/mol. The Bertz CT molecular complexity index is 403. The van der Waals surface area contributed by atoms with Gasteiger partial charge in [-0.15, -0.1) is 11.3 Å². The lowest BCUT2D eigenvalue weighted by molar-refractivity contribution is 0.0113. The summed E-state index contributed by atoms with van der Waals surface area (Å²) in [4.78, 5) is 2.75. The van der Waals surface area contributed by atoms with E-state index in [1.807, 2.05) is 11.3 Å². The smallest absolute Gasteiger partial charge is 0.0615 e. The van der Waals surface area contributed by atoms with Gasteiger partial charge in [0, 0.05) is 35.1 Å². The minimum absolute atomic E-state index is 0.149. The van der Waals surface area contributed by atoms with Crippen LogP contribution in [-0.4, -0.2) is 30.5 Å². The zero-order valence-corrected chi connectivity index (χ0v) is 13.0. The van der Waals surface area contributed by atoms with Gasteiger partial charge in [-0.3, -0.25) is 0 Å². The number of rotatable bonds is 4. The van der Waals surface area contributed by atoms with Crippen LogP contribution in [-0.2, 0) is 16.7 Å². The Morgan fingerprint density at radius 1 is 1.32 bits per heavy atom. The summed E-state index contributed by atoms with van der Waals surface area (Å²) in [7, 11) is 0. The van der Waals surface area contributed by atoms with Crippen LogP contribution in [0.15, 0.2) is 12.1 Å². The number of aliphatic hydroxyl groups excluding tert-OH is 1. The molecule has 0 radical (unpaired) electrons. The predicted molar refractivity (Wildman–Crippen MR) is 79.7 cm³/mol. The standard InChI is InChI=1S/C15H25NO2S/c1-14(2,3)13-5-4-12(19-13)10-16-15(11-17)6-8-18-9-7-15/h4-5,16-17H,6-11H2,1-3H3. The second kappa shape index (κ2) is 5.92.